The van der Waals surface area contributed by atoms with Gasteiger partial charge in [-0.05, 0) is 64.5 Å². The third-order valence-corrected chi connectivity index (χ3v) is 4.77. The van der Waals surface area contributed by atoms with Gasteiger partial charge >= 0.3 is 6.09 Å². The van der Waals surface area contributed by atoms with E-state index in [0.717, 1.165) is 30.9 Å². The van der Waals surface area contributed by atoms with Gasteiger partial charge in [0, 0.05) is 6.04 Å². The zero-order valence-corrected chi connectivity index (χ0v) is 15.0. The number of nitrogens with zero attached hydrogens (tertiary/aromatic N) is 1. The topological polar surface area (TPSA) is 29.5 Å². The van der Waals surface area contributed by atoms with Gasteiger partial charge in [0.25, 0.3) is 0 Å². The van der Waals surface area contributed by atoms with Gasteiger partial charge in [-0.2, -0.15) is 0 Å². The fraction of sp³-hybridized carbons (Fsp3) is 0.550. The molecule has 0 saturated carbocycles. The normalized spacial score (nSPS) is 23.2. The Balaban J connectivity index is 1.79. The zero-order chi connectivity index (χ0) is 18.2. The molecular weight excluding hydrogens is 324 g/mol. The van der Waals surface area contributed by atoms with E-state index in [1.54, 1.807) is 6.07 Å². The summed E-state index contributed by atoms with van der Waals surface area (Å²) in [6.45, 7) is 5.58. The number of hydrogen-bond donors (Lipinski definition) is 0. The van der Waals surface area contributed by atoms with E-state index >= 15 is 0 Å². The fourth-order valence-corrected chi connectivity index (χ4v) is 3.78. The summed E-state index contributed by atoms with van der Waals surface area (Å²) in [5.74, 6) is -1.59. The molecular formula is C20H25F2NO2. The number of carbonyl (C=O) groups is 1. The Morgan fingerprint density at radius 3 is 2.72 bits per heavy atom. The first-order valence-corrected chi connectivity index (χ1v) is 8.88. The van der Waals surface area contributed by atoms with Crippen LogP contribution in [-0.4, -0.2) is 28.7 Å². The van der Waals surface area contributed by atoms with E-state index in [9.17, 15) is 13.6 Å². The lowest BCUT2D eigenvalue weighted by Crippen LogP contribution is -2.53. The van der Waals surface area contributed by atoms with E-state index in [1.807, 2.05) is 31.7 Å². The molecule has 2 bridgehead atoms. The Morgan fingerprint density at radius 2 is 2.04 bits per heavy atom. The van der Waals surface area contributed by atoms with Gasteiger partial charge in [-0.15, -0.1) is 0 Å². The third-order valence-electron chi connectivity index (χ3n) is 4.77. The molecule has 1 saturated heterocycles. The van der Waals surface area contributed by atoms with Crippen LogP contribution in [0, 0.1) is 11.6 Å². The van der Waals surface area contributed by atoms with Crippen LogP contribution in [0.25, 0.3) is 0 Å². The van der Waals surface area contributed by atoms with Gasteiger partial charge in [0.2, 0.25) is 0 Å². The van der Waals surface area contributed by atoms with Crippen molar-refractivity contribution in [2.75, 3.05) is 0 Å². The minimum Gasteiger partial charge on any atom is -0.444 e. The molecule has 2 unspecified atom stereocenters. The van der Waals surface area contributed by atoms with Gasteiger partial charge in [0.15, 0.2) is 11.6 Å². The van der Waals surface area contributed by atoms with Crippen LogP contribution in [0.1, 0.15) is 52.0 Å². The number of fused-ring (bicyclic) bond motifs is 2. The summed E-state index contributed by atoms with van der Waals surface area (Å²) < 4.78 is 32.9. The fourth-order valence-electron chi connectivity index (χ4n) is 3.78. The van der Waals surface area contributed by atoms with E-state index in [0.29, 0.717) is 18.4 Å². The second-order valence-electron chi connectivity index (χ2n) is 7.96. The number of ether oxygens (including phenoxy) is 1. The largest absolute Gasteiger partial charge is 0.444 e. The van der Waals surface area contributed by atoms with Crippen LogP contribution in [0.3, 0.4) is 0 Å². The predicted molar refractivity (Wildman–Crippen MR) is 92.3 cm³/mol. The average molecular weight is 349 g/mol. The highest BCUT2D eigenvalue weighted by molar-refractivity contribution is 5.70. The Hall–Kier alpha value is -1.91. The predicted octanol–water partition coefficient (Wildman–Crippen LogP) is 5.00. The number of carbonyl (C=O) groups excluding carboxylic acids is 1. The Morgan fingerprint density at radius 1 is 1.28 bits per heavy atom. The van der Waals surface area contributed by atoms with Gasteiger partial charge < -0.3 is 4.74 Å². The summed E-state index contributed by atoms with van der Waals surface area (Å²) in [4.78, 5) is 14.4. The number of rotatable bonds is 2. The van der Waals surface area contributed by atoms with E-state index in [2.05, 4.69) is 0 Å². The van der Waals surface area contributed by atoms with E-state index in [1.165, 1.54) is 6.07 Å². The Bertz CT molecular complexity index is 693. The summed E-state index contributed by atoms with van der Waals surface area (Å²) in [5.41, 5.74) is 0.911. The summed E-state index contributed by atoms with van der Waals surface area (Å²) in [6.07, 6.45) is 5.69. The van der Waals surface area contributed by atoms with Gasteiger partial charge in [0.05, 0.1) is 6.04 Å². The molecule has 0 aliphatic carbocycles. The van der Waals surface area contributed by atoms with Crippen LogP contribution >= 0.6 is 0 Å². The quantitative estimate of drug-likeness (QED) is 0.704. The molecule has 25 heavy (non-hydrogen) atoms. The van der Waals surface area contributed by atoms with Crippen molar-refractivity contribution in [3.8, 4) is 0 Å². The number of hydrogen-bond acceptors (Lipinski definition) is 2. The highest BCUT2D eigenvalue weighted by Gasteiger charge is 2.39. The van der Waals surface area contributed by atoms with Crippen LogP contribution < -0.4 is 0 Å². The van der Waals surface area contributed by atoms with Crippen LogP contribution in [0.15, 0.2) is 29.8 Å². The molecule has 0 radical (unpaired) electrons. The highest BCUT2D eigenvalue weighted by Crippen LogP contribution is 2.35. The average Bonchev–Trinajstić information content (AvgIpc) is 2.49. The molecule has 1 fully saturated rings. The van der Waals surface area contributed by atoms with E-state index in [-0.39, 0.29) is 18.2 Å². The molecule has 1 aromatic carbocycles. The van der Waals surface area contributed by atoms with Crippen LogP contribution in [0.4, 0.5) is 13.6 Å². The van der Waals surface area contributed by atoms with Gasteiger partial charge in [0.1, 0.15) is 5.60 Å². The highest BCUT2D eigenvalue weighted by atomic mass is 19.2. The van der Waals surface area contributed by atoms with Crippen molar-refractivity contribution in [2.24, 2.45) is 0 Å². The smallest absolute Gasteiger partial charge is 0.411 e. The molecule has 0 N–H and O–H groups in total. The zero-order valence-electron chi connectivity index (χ0n) is 15.0. The number of amides is 1. The monoisotopic (exact) mass is 349 g/mol. The minimum atomic E-state index is -0.815. The first-order chi connectivity index (χ1) is 11.7. The van der Waals surface area contributed by atoms with Crippen molar-refractivity contribution >= 4 is 6.09 Å². The second-order valence-corrected chi connectivity index (χ2v) is 7.96. The molecule has 2 aliphatic rings. The summed E-state index contributed by atoms with van der Waals surface area (Å²) in [7, 11) is 0. The van der Waals surface area contributed by atoms with Crippen molar-refractivity contribution in [2.45, 2.75) is 70.6 Å². The molecule has 1 aromatic rings. The van der Waals surface area contributed by atoms with Gasteiger partial charge in [-0.3, -0.25) is 4.90 Å². The maximum Gasteiger partial charge on any atom is 0.411 e. The van der Waals surface area contributed by atoms with Crippen LogP contribution in [0.5, 0.6) is 0 Å². The third kappa shape index (κ3) is 4.02. The molecule has 0 spiro atoms. The van der Waals surface area contributed by atoms with Gasteiger partial charge in [-0.1, -0.05) is 23.8 Å². The molecule has 2 atom stereocenters. The Labute approximate surface area is 147 Å². The molecule has 0 aromatic heterocycles. The Kier molecular flexibility index (Phi) is 4.85. The molecule has 3 nitrogen and oxygen atoms in total. The van der Waals surface area contributed by atoms with Crippen LogP contribution in [0.2, 0.25) is 0 Å². The standard InChI is InChI=1S/C20H25F2NO2/c1-20(2,3)25-19(24)23-15-7-5-8-16(23)12-13(11-15)10-14-6-4-9-17(21)18(14)22/h4,6,9,11,15-16H,5,7-8,10,12H2,1-3H3. The number of halogens is 2. The van der Waals surface area contributed by atoms with Crippen molar-refractivity contribution in [3.05, 3.63) is 47.0 Å². The van der Waals surface area contributed by atoms with E-state index < -0.39 is 17.2 Å². The van der Waals surface area contributed by atoms with Crippen LogP contribution in [-0.2, 0) is 11.2 Å². The lowest BCUT2D eigenvalue weighted by Gasteiger charge is -2.45. The summed E-state index contributed by atoms with van der Waals surface area (Å²) in [6, 6.07) is 4.34. The molecule has 3 rings (SSSR count). The van der Waals surface area contributed by atoms with Crippen molar-refractivity contribution < 1.29 is 18.3 Å². The maximum absolute atomic E-state index is 14.0. The SMILES string of the molecule is CC(C)(C)OC(=O)N1C2C=C(Cc3cccc(F)c3F)CC1CCC2. The first kappa shape index (κ1) is 17.9. The summed E-state index contributed by atoms with van der Waals surface area (Å²) in [5, 5.41) is 0. The lowest BCUT2D eigenvalue weighted by atomic mass is 9.83. The second kappa shape index (κ2) is 6.77. The maximum atomic E-state index is 14.0. The van der Waals surface area contributed by atoms with Crippen molar-refractivity contribution in [1.82, 2.24) is 4.90 Å². The van der Waals surface area contributed by atoms with Gasteiger partial charge in [-0.25, -0.2) is 13.6 Å². The lowest BCUT2D eigenvalue weighted by molar-refractivity contribution is -0.00150. The molecule has 2 heterocycles. The molecule has 2 aliphatic heterocycles. The number of benzene rings is 1. The molecule has 5 heteroatoms. The van der Waals surface area contributed by atoms with E-state index in [4.69, 9.17) is 4.74 Å². The molecule has 136 valence electrons. The minimum absolute atomic E-state index is 0.0195. The summed E-state index contributed by atoms with van der Waals surface area (Å²) >= 11 is 0. The number of piperidine rings is 1. The first-order valence-electron chi connectivity index (χ1n) is 8.88. The van der Waals surface area contributed by atoms with Crippen molar-refractivity contribution in [3.63, 3.8) is 0 Å². The van der Waals surface area contributed by atoms with Crippen molar-refractivity contribution in [1.29, 1.82) is 0 Å². The molecule has 1 amide bonds.